The molecule has 0 amide bonds. The predicted molar refractivity (Wildman–Crippen MR) is 57.6 cm³/mol. The summed E-state index contributed by atoms with van der Waals surface area (Å²) in [5.41, 5.74) is 0. The van der Waals surface area contributed by atoms with E-state index in [9.17, 15) is 4.79 Å². The highest BCUT2D eigenvalue weighted by atomic mass is 16.5. The first-order valence-electron chi connectivity index (χ1n) is 5.79. The molecule has 0 bridgehead atoms. The van der Waals surface area contributed by atoms with Crippen molar-refractivity contribution in [3.8, 4) is 0 Å². The van der Waals surface area contributed by atoms with Gasteiger partial charge < -0.3 is 9.84 Å². The molecule has 7 nitrogen and oxygen atoms in total. The molecule has 1 N–H and O–H groups in total. The normalized spacial score (nSPS) is 21.6. The standard InChI is InChI=1S/C10H16N4O3/c1-2-8(5-9(15)16)14-10(11-12-13-14)7-3-4-17-6-7/h7-8H,2-6H2,1H3,(H,15,16). The summed E-state index contributed by atoms with van der Waals surface area (Å²) in [5, 5.41) is 20.4. The van der Waals surface area contributed by atoms with Gasteiger partial charge in [0.05, 0.1) is 19.1 Å². The molecule has 1 aliphatic heterocycles. The van der Waals surface area contributed by atoms with Gasteiger partial charge in [-0.3, -0.25) is 4.79 Å². The first-order valence-corrected chi connectivity index (χ1v) is 5.79. The summed E-state index contributed by atoms with van der Waals surface area (Å²) in [6.45, 7) is 3.27. The van der Waals surface area contributed by atoms with Gasteiger partial charge in [-0.05, 0) is 23.3 Å². The van der Waals surface area contributed by atoms with E-state index < -0.39 is 5.97 Å². The van der Waals surface area contributed by atoms with E-state index in [0.717, 1.165) is 12.2 Å². The average molecular weight is 240 g/mol. The molecular formula is C10H16N4O3. The van der Waals surface area contributed by atoms with E-state index in [1.165, 1.54) is 0 Å². The van der Waals surface area contributed by atoms with E-state index in [1.54, 1.807) is 4.68 Å². The van der Waals surface area contributed by atoms with Gasteiger partial charge in [-0.15, -0.1) is 5.10 Å². The van der Waals surface area contributed by atoms with Crippen molar-refractivity contribution in [1.82, 2.24) is 20.2 Å². The molecule has 0 saturated carbocycles. The Morgan fingerprint density at radius 2 is 2.53 bits per heavy atom. The molecular weight excluding hydrogens is 224 g/mol. The van der Waals surface area contributed by atoms with Crippen LogP contribution in [0, 0.1) is 0 Å². The molecule has 2 atom stereocenters. The highest BCUT2D eigenvalue weighted by molar-refractivity contribution is 5.67. The fraction of sp³-hybridized carbons (Fsp3) is 0.800. The Morgan fingerprint density at radius 1 is 1.71 bits per heavy atom. The molecule has 1 saturated heterocycles. The third kappa shape index (κ3) is 2.60. The predicted octanol–water partition coefficient (Wildman–Crippen LogP) is 0.603. The lowest BCUT2D eigenvalue weighted by Gasteiger charge is -2.16. The lowest BCUT2D eigenvalue weighted by atomic mass is 10.1. The number of tetrazole rings is 1. The van der Waals surface area contributed by atoms with Crippen LogP contribution in [0.2, 0.25) is 0 Å². The molecule has 1 aliphatic rings. The summed E-state index contributed by atoms with van der Waals surface area (Å²) < 4.78 is 6.95. The number of hydrogen-bond donors (Lipinski definition) is 1. The number of nitrogens with zero attached hydrogens (tertiary/aromatic N) is 4. The zero-order chi connectivity index (χ0) is 12.3. The van der Waals surface area contributed by atoms with Crippen molar-refractivity contribution >= 4 is 5.97 Å². The molecule has 2 heterocycles. The molecule has 94 valence electrons. The van der Waals surface area contributed by atoms with E-state index in [4.69, 9.17) is 9.84 Å². The van der Waals surface area contributed by atoms with Crippen molar-refractivity contribution in [2.45, 2.75) is 38.1 Å². The molecule has 2 unspecified atom stereocenters. The third-order valence-electron chi connectivity index (χ3n) is 3.04. The van der Waals surface area contributed by atoms with Crippen molar-refractivity contribution in [3.05, 3.63) is 5.82 Å². The minimum atomic E-state index is -0.832. The quantitative estimate of drug-likeness (QED) is 0.810. The summed E-state index contributed by atoms with van der Waals surface area (Å²) in [4.78, 5) is 10.8. The van der Waals surface area contributed by atoms with Crippen LogP contribution in [0.1, 0.15) is 44.0 Å². The summed E-state index contributed by atoms with van der Waals surface area (Å²) in [6, 6.07) is -0.182. The number of rotatable bonds is 5. The third-order valence-corrected chi connectivity index (χ3v) is 3.04. The van der Waals surface area contributed by atoms with Crippen LogP contribution in [-0.4, -0.2) is 44.5 Å². The van der Waals surface area contributed by atoms with E-state index in [1.807, 2.05) is 6.92 Å². The van der Waals surface area contributed by atoms with Crippen LogP contribution in [0.3, 0.4) is 0 Å². The SMILES string of the molecule is CCC(CC(=O)O)n1nnnc1C1CCOC1. The monoisotopic (exact) mass is 240 g/mol. The summed E-state index contributed by atoms with van der Waals surface area (Å²) in [5.74, 6) is 0.101. The van der Waals surface area contributed by atoms with E-state index in [2.05, 4.69) is 15.5 Å². The van der Waals surface area contributed by atoms with E-state index in [0.29, 0.717) is 19.6 Å². The number of carboxylic acid groups (broad SMARTS) is 1. The van der Waals surface area contributed by atoms with Gasteiger partial charge in [-0.25, -0.2) is 4.68 Å². The number of ether oxygens (including phenoxy) is 1. The zero-order valence-electron chi connectivity index (χ0n) is 9.74. The van der Waals surface area contributed by atoms with Gasteiger partial charge in [0.1, 0.15) is 0 Å². The fourth-order valence-corrected chi connectivity index (χ4v) is 2.07. The highest BCUT2D eigenvalue weighted by Crippen LogP contribution is 2.26. The Morgan fingerprint density at radius 3 is 3.12 bits per heavy atom. The first kappa shape index (κ1) is 12.0. The molecule has 0 radical (unpaired) electrons. The smallest absolute Gasteiger partial charge is 0.305 e. The fourth-order valence-electron chi connectivity index (χ4n) is 2.07. The summed E-state index contributed by atoms with van der Waals surface area (Å²) >= 11 is 0. The van der Waals surface area contributed by atoms with Gasteiger partial charge >= 0.3 is 5.97 Å². The molecule has 7 heteroatoms. The Labute approximate surface area is 98.8 Å². The molecule has 0 aromatic carbocycles. The lowest BCUT2D eigenvalue weighted by Crippen LogP contribution is -2.19. The summed E-state index contributed by atoms with van der Waals surface area (Å²) in [7, 11) is 0. The lowest BCUT2D eigenvalue weighted by molar-refractivity contribution is -0.138. The van der Waals surface area contributed by atoms with Crippen LogP contribution < -0.4 is 0 Å². The second-order valence-electron chi connectivity index (χ2n) is 4.20. The molecule has 2 rings (SSSR count). The van der Waals surface area contributed by atoms with Gasteiger partial charge in [-0.1, -0.05) is 6.92 Å². The van der Waals surface area contributed by atoms with Crippen molar-refractivity contribution in [3.63, 3.8) is 0 Å². The highest BCUT2D eigenvalue weighted by Gasteiger charge is 2.27. The Hall–Kier alpha value is -1.50. The topological polar surface area (TPSA) is 90.1 Å². The van der Waals surface area contributed by atoms with Gasteiger partial charge in [0.2, 0.25) is 0 Å². The number of carboxylic acids is 1. The van der Waals surface area contributed by atoms with Gasteiger partial charge in [0, 0.05) is 12.5 Å². The van der Waals surface area contributed by atoms with Crippen molar-refractivity contribution in [1.29, 1.82) is 0 Å². The van der Waals surface area contributed by atoms with Crippen LogP contribution in [0.5, 0.6) is 0 Å². The van der Waals surface area contributed by atoms with Crippen molar-refractivity contribution < 1.29 is 14.6 Å². The Kier molecular flexibility index (Phi) is 3.68. The van der Waals surface area contributed by atoms with Crippen LogP contribution in [0.4, 0.5) is 0 Å². The maximum absolute atomic E-state index is 10.8. The Balaban J connectivity index is 2.18. The average Bonchev–Trinajstić information content (AvgIpc) is 2.94. The molecule has 1 aromatic rings. The largest absolute Gasteiger partial charge is 0.481 e. The van der Waals surface area contributed by atoms with Crippen molar-refractivity contribution in [2.75, 3.05) is 13.2 Å². The number of carbonyl (C=O) groups is 1. The second-order valence-corrected chi connectivity index (χ2v) is 4.20. The minimum absolute atomic E-state index is 0.0438. The minimum Gasteiger partial charge on any atom is -0.481 e. The molecule has 0 spiro atoms. The van der Waals surface area contributed by atoms with Crippen molar-refractivity contribution in [2.24, 2.45) is 0 Å². The van der Waals surface area contributed by atoms with Gasteiger partial charge in [-0.2, -0.15) is 0 Å². The number of aromatic nitrogens is 4. The summed E-state index contributed by atoms with van der Waals surface area (Å²) in [6.07, 6.45) is 1.63. The second kappa shape index (κ2) is 5.22. The molecule has 0 aliphatic carbocycles. The first-order chi connectivity index (χ1) is 8.22. The van der Waals surface area contributed by atoms with Crippen LogP contribution in [0.15, 0.2) is 0 Å². The maximum atomic E-state index is 10.8. The zero-order valence-corrected chi connectivity index (χ0v) is 9.74. The number of hydrogen-bond acceptors (Lipinski definition) is 5. The number of aliphatic carboxylic acids is 1. The molecule has 1 aromatic heterocycles. The Bertz CT molecular complexity index is 387. The maximum Gasteiger partial charge on any atom is 0.305 e. The van der Waals surface area contributed by atoms with E-state index >= 15 is 0 Å². The van der Waals surface area contributed by atoms with Gasteiger partial charge in [0.25, 0.3) is 0 Å². The van der Waals surface area contributed by atoms with Crippen LogP contribution in [0.25, 0.3) is 0 Å². The van der Waals surface area contributed by atoms with E-state index in [-0.39, 0.29) is 18.4 Å². The van der Waals surface area contributed by atoms with Crippen LogP contribution >= 0.6 is 0 Å². The molecule has 17 heavy (non-hydrogen) atoms. The van der Waals surface area contributed by atoms with Gasteiger partial charge in [0.15, 0.2) is 5.82 Å². The molecule has 1 fully saturated rings. The van der Waals surface area contributed by atoms with Crippen LogP contribution in [-0.2, 0) is 9.53 Å².